The molecule has 0 unspecified atom stereocenters. The standard InChI is InChI=1S/C18H24N2S2/c1-11(2)5-7-17-19-13-9-16-14(10-15(13)21-17)20-18(22-16)8-6-12(3)4/h9-12H,5-8H2,1-4H3. The van der Waals surface area contributed by atoms with E-state index in [1.807, 2.05) is 22.7 Å². The van der Waals surface area contributed by atoms with Crippen molar-refractivity contribution in [2.45, 2.75) is 53.4 Å². The molecule has 1 aromatic carbocycles. The van der Waals surface area contributed by atoms with Gasteiger partial charge >= 0.3 is 0 Å². The van der Waals surface area contributed by atoms with E-state index in [-0.39, 0.29) is 0 Å². The van der Waals surface area contributed by atoms with Gasteiger partial charge in [-0.2, -0.15) is 0 Å². The lowest BCUT2D eigenvalue weighted by Gasteiger charge is -1.99. The van der Waals surface area contributed by atoms with Gasteiger partial charge in [0.25, 0.3) is 0 Å². The Morgan fingerprint density at radius 1 is 0.773 bits per heavy atom. The molecule has 4 heteroatoms. The van der Waals surface area contributed by atoms with Gasteiger partial charge in [0.2, 0.25) is 0 Å². The van der Waals surface area contributed by atoms with Gasteiger partial charge in [0.05, 0.1) is 30.4 Å². The van der Waals surface area contributed by atoms with E-state index in [9.17, 15) is 0 Å². The summed E-state index contributed by atoms with van der Waals surface area (Å²) in [4.78, 5) is 9.63. The summed E-state index contributed by atoms with van der Waals surface area (Å²) in [6.45, 7) is 9.08. The van der Waals surface area contributed by atoms with E-state index >= 15 is 0 Å². The molecule has 2 aromatic heterocycles. The van der Waals surface area contributed by atoms with Crippen molar-refractivity contribution in [3.05, 3.63) is 22.1 Å². The van der Waals surface area contributed by atoms with Gasteiger partial charge in [-0.15, -0.1) is 22.7 Å². The molecule has 0 saturated carbocycles. The van der Waals surface area contributed by atoms with Crippen LogP contribution in [0.15, 0.2) is 12.1 Å². The van der Waals surface area contributed by atoms with Crippen LogP contribution in [0.25, 0.3) is 20.4 Å². The van der Waals surface area contributed by atoms with E-state index in [2.05, 4.69) is 39.8 Å². The van der Waals surface area contributed by atoms with E-state index in [0.29, 0.717) is 0 Å². The average molecular weight is 333 g/mol. The Hall–Kier alpha value is -1.00. The van der Waals surface area contributed by atoms with Crippen LogP contribution in [0, 0.1) is 11.8 Å². The number of hydrogen-bond acceptors (Lipinski definition) is 4. The number of nitrogens with zero attached hydrogens (tertiary/aromatic N) is 2. The van der Waals surface area contributed by atoms with Gasteiger partial charge < -0.3 is 0 Å². The van der Waals surface area contributed by atoms with E-state index in [1.165, 1.54) is 32.3 Å². The van der Waals surface area contributed by atoms with Crippen molar-refractivity contribution in [1.82, 2.24) is 9.97 Å². The van der Waals surface area contributed by atoms with Gasteiger partial charge in [0.15, 0.2) is 0 Å². The largest absolute Gasteiger partial charge is 0.241 e. The summed E-state index contributed by atoms with van der Waals surface area (Å²) in [5.74, 6) is 1.47. The summed E-state index contributed by atoms with van der Waals surface area (Å²) < 4.78 is 2.57. The topological polar surface area (TPSA) is 25.8 Å². The summed E-state index contributed by atoms with van der Waals surface area (Å²) in [7, 11) is 0. The van der Waals surface area contributed by atoms with Crippen LogP contribution in [0.5, 0.6) is 0 Å². The molecular weight excluding hydrogens is 308 g/mol. The molecule has 0 aliphatic rings. The molecule has 22 heavy (non-hydrogen) atoms. The normalized spacial score (nSPS) is 12.3. The molecule has 0 amide bonds. The maximum absolute atomic E-state index is 4.82. The lowest BCUT2D eigenvalue weighted by atomic mass is 10.1. The van der Waals surface area contributed by atoms with Crippen molar-refractivity contribution >= 4 is 43.1 Å². The Morgan fingerprint density at radius 3 is 1.55 bits per heavy atom. The molecule has 118 valence electrons. The summed E-state index contributed by atoms with van der Waals surface area (Å²) in [6, 6.07) is 4.47. The minimum absolute atomic E-state index is 0.737. The zero-order chi connectivity index (χ0) is 15.7. The average Bonchev–Trinajstić information content (AvgIpc) is 3.02. The minimum atomic E-state index is 0.737. The van der Waals surface area contributed by atoms with Gasteiger partial charge in [0.1, 0.15) is 0 Å². The van der Waals surface area contributed by atoms with E-state index in [0.717, 1.165) is 35.7 Å². The molecule has 0 aliphatic carbocycles. The summed E-state index contributed by atoms with van der Waals surface area (Å²) in [5, 5.41) is 2.53. The first-order valence-corrected chi connectivity index (χ1v) is 9.83. The van der Waals surface area contributed by atoms with Crippen molar-refractivity contribution in [1.29, 1.82) is 0 Å². The number of hydrogen-bond donors (Lipinski definition) is 0. The highest BCUT2D eigenvalue weighted by molar-refractivity contribution is 7.20. The van der Waals surface area contributed by atoms with Crippen LogP contribution < -0.4 is 0 Å². The molecule has 0 saturated heterocycles. The number of aromatic nitrogens is 2. The molecule has 0 N–H and O–H groups in total. The van der Waals surface area contributed by atoms with Crippen LogP contribution in [0.4, 0.5) is 0 Å². The Labute approximate surface area is 140 Å². The third kappa shape index (κ3) is 3.66. The molecule has 3 aromatic rings. The highest BCUT2D eigenvalue weighted by Crippen LogP contribution is 2.31. The summed E-state index contributed by atoms with van der Waals surface area (Å²) in [6.07, 6.45) is 4.62. The maximum Gasteiger partial charge on any atom is 0.0938 e. The SMILES string of the molecule is CC(C)CCc1nc2cc3sc(CCC(C)C)nc3cc2s1. The van der Waals surface area contributed by atoms with Crippen LogP contribution >= 0.6 is 22.7 Å². The third-order valence-corrected chi connectivity index (χ3v) is 6.01. The maximum atomic E-state index is 4.82. The van der Waals surface area contributed by atoms with Crippen molar-refractivity contribution in [3.8, 4) is 0 Å². The summed E-state index contributed by atoms with van der Waals surface area (Å²) >= 11 is 3.67. The molecule has 0 bridgehead atoms. The lowest BCUT2D eigenvalue weighted by molar-refractivity contribution is 0.586. The second kappa shape index (κ2) is 6.63. The monoisotopic (exact) mass is 332 g/mol. The lowest BCUT2D eigenvalue weighted by Crippen LogP contribution is -1.90. The van der Waals surface area contributed by atoms with Crippen molar-refractivity contribution < 1.29 is 0 Å². The number of fused-ring (bicyclic) bond motifs is 2. The van der Waals surface area contributed by atoms with Crippen LogP contribution in [0.1, 0.15) is 50.6 Å². The minimum Gasteiger partial charge on any atom is -0.241 e. The van der Waals surface area contributed by atoms with Gasteiger partial charge in [-0.1, -0.05) is 27.7 Å². The Morgan fingerprint density at radius 2 is 1.18 bits per heavy atom. The van der Waals surface area contributed by atoms with Gasteiger partial charge in [-0.25, -0.2) is 9.97 Å². The van der Waals surface area contributed by atoms with E-state index in [1.54, 1.807) is 0 Å². The first-order chi connectivity index (χ1) is 10.5. The van der Waals surface area contributed by atoms with Gasteiger partial charge in [0, 0.05) is 0 Å². The Bertz CT molecular complexity index is 655. The van der Waals surface area contributed by atoms with Crippen LogP contribution in [-0.4, -0.2) is 9.97 Å². The number of aryl methyl sites for hydroxylation is 2. The van der Waals surface area contributed by atoms with Crippen molar-refractivity contribution in [2.75, 3.05) is 0 Å². The fraction of sp³-hybridized carbons (Fsp3) is 0.556. The molecule has 0 radical (unpaired) electrons. The molecule has 2 heterocycles. The molecule has 2 nitrogen and oxygen atoms in total. The quantitative estimate of drug-likeness (QED) is 0.546. The smallest absolute Gasteiger partial charge is 0.0938 e. The van der Waals surface area contributed by atoms with Gasteiger partial charge in [-0.3, -0.25) is 0 Å². The molecule has 0 atom stereocenters. The Balaban J connectivity index is 1.85. The fourth-order valence-corrected chi connectivity index (χ4v) is 4.48. The molecular formula is C18H24N2S2. The molecule has 0 aliphatic heterocycles. The third-order valence-electron chi connectivity index (χ3n) is 3.86. The first kappa shape index (κ1) is 15.9. The zero-order valence-corrected chi connectivity index (χ0v) is 15.5. The predicted octanol–water partition coefficient (Wildman–Crippen LogP) is 6.08. The van der Waals surface area contributed by atoms with E-state index in [4.69, 9.17) is 9.97 Å². The fourth-order valence-electron chi connectivity index (χ4n) is 2.48. The predicted molar refractivity (Wildman–Crippen MR) is 99.1 cm³/mol. The molecule has 0 spiro atoms. The Kier molecular flexibility index (Phi) is 4.79. The van der Waals surface area contributed by atoms with Crippen LogP contribution in [0.3, 0.4) is 0 Å². The molecule has 3 rings (SSSR count). The zero-order valence-electron chi connectivity index (χ0n) is 13.8. The number of benzene rings is 1. The highest BCUT2D eigenvalue weighted by Gasteiger charge is 2.10. The second-order valence-electron chi connectivity index (χ2n) is 6.87. The first-order valence-electron chi connectivity index (χ1n) is 8.20. The number of thiazole rings is 2. The number of rotatable bonds is 6. The highest BCUT2D eigenvalue weighted by atomic mass is 32.1. The molecule has 0 fully saturated rings. The second-order valence-corrected chi connectivity index (χ2v) is 9.10. The van der Waals surface area contributed by atoms with Crippen LogP contribution in [-0.2, 0) is 12.8 Å². The van der Waals surface area contributed by atoms with Crippen molar-refractivity contribution in [3.63, 3.8) is 0 Å². The van der Waals surface area contributed by atoms with Crippen molar-refractivity contribution in [2.24, 2.45) is 11.8 Å². The van der Waals surface area contributed by atoms with Crippen LogP contribution in [0.2, 0.25) is 0 Å². The summed E-state index contributed by atoms with van der Waals surface area (Å²) in [5.41, 5.74) is 2.30. The van der Waals surface area contributed by atoms with Gasteiger partial charge in [-0.05, 0) is 49.7 Å². The van der Waals surface area contributed by atoms with E-state index < -0.39 is 0 Å².